The first kappa shape index (κ1) is 16.2. The normalized spacial score (nSPS) is 11.0. The molecule has 0 aliphatic heterocycles. The van der Waals surface area contributed by atoms with Gasteiger partial charge in [-0.25, -0.2) is 8.78 Å². The van der Waals surface area contributed by atoms with Crippen molar-refractivity contribution in [2.75, 3.05) is 5.32 Å². The summed E-state index contributed by atoms with van der Waals surface area (Å²) in [6, 6.07) is 2.42. The fourth-order valence-corrected chi connectivity index (χ4v) is 2.81. The second-order valence-corrected chi connectivity index (χ2v) is 5.77. The third-order valence-corrected chi connectivity index (χ3v) is 4.03. The van der Waals surface area contributed by atoms with Gasteiger partial charge >= 0.3 is 0 Å². The van der Waals surface area contributed by atoms with Crippen molar-refractivity contribution in [3.05, 3.63) is 44.7 Å². The van der Waals surface area contributed by atoms with Crippen LogP contribution in [0.15, 0.2) is 16.6 Å². The Labute approximate surface area is 135 Å². The minimum absolute atomic E-state index is 0.170. The van der Waals surface area contributed by atoms with Crippen LogP contribution in [0.2, 0.25) is 5.02 Å². The summed E-state index contributed by atoms with van der Waals surface area (Å²) in [6.07, 6.45) is 0.708. The molecule has 21 heavy (non-hydrogen) atoms. The summed E-state index contributed by atoms with van der Waals surface area (Å²) < 4.78 is 29.7. The summed E-state index contributed by atoms with van der Waals surface area (Å²) in [5.41, 5.74) is 1.33. The van der Waals surface area contributed by atoms with E-state index in [1.54, 1.807) is 4.68 Å². The van der Waals surface area contributed by atoms with E-state index in [2.05, 4.69) is 26.3 Å². The van der Waals surface area contributed by atoms with Gasteiger partial charge in [-0.15, -0.1) is 0 Å². The van der Waals surface area contributed by atoms with Crippen LogP contribution in [0.5, 0.6) is 0 Å². The molecule has 0 aliphatic carbocycles. The van der Waals surface area contributed by atoms with Crippen LogP contribution in [0.4, 0.5) is 14.5 Å². The number of benzene rings is 1. The highest BCUT2D eigenvalue weighted by atomic mass is 79.9. The lowest BCUT2D eigenvalue weighted by atomic mass is 10.2. The summed E-state index contributed by atoms with van der Waals surface area (Å²) in [6.45, 7) is 4.74. The van der Waals surface area contributed by atoms with Crippen molar-refractivity contribution in [3.8, 4) is 0 Å². The highest BCUT2D eigenvalue weighted by molar-refractivity contribution is 9.10. The molecule has 1 aromatic heterocycles. The van der Waals surface area contributed by atoms with Gasteiger partial charge in [0, 0.05) is 11.0 Å². The van der Waals surface area contributed by atoms with Crippen molar-refractivity contribution in [2.45, 2.75) is 33.4 Å². The van der Waals surface area contributed by atoms with Gasteiger partial charge in [-0.1, -0.05) is 34.5 Å². The first-order valence-corrected chi connectivity index (χ1v) is 7.77. The number of hydrogen-bond donors (Lipinski definition) is 1. The van der Waals surface area contributed by atoms with Crippen molar-refractivity contribution in [1.29, 1.82) is 0 Å². The molecule has 1 aromatic carbocycles. The van der Waals surface area contributed by atoms with Gasteiger partial charge in [-0.05, 0) is 25.5 Å². The lowest BCUT2D eigenvalue weighted by molar-refractivity contribution is 0.583. The van der Waals surface area contributed by atoms with Gasteiger partial charge < -0.3 is 5.32 Å². The zero-order valence-corrected chi connectivity index (χ0v) is 14.0. The van der Waals surface area contributed by atoms with Gasteiger partial charge in [0.25, 0.3) is 0 Å². The Balaban J connectivity index is 2.26. The number of halogens is 4. The molecule has 0 spiro atoms. The van der Waals surface area contributed by atoms with E-state index in [1.807, 2.05) is 13.8 Å². The van der Waals surface area contributed by atoms with Gasteiger partial charge in [-0.3, -0.25) is 4.68 Å². The number of nitrogens with zero attached hydrogens (tertiary/aromatic N) is 2. The predicted octanol–water partition coefficient (Wildman–Crippen LogP) is 4.77. The third kappa shape index (κ3) is 3.37. The van der Waals surface area contributed by atoms with Crippen molar-refractivity contribution >= 4 is 33.2 Å². The third-order valence-electron chi connectivity index (χ3n) is 3.13. The van der Waals surface area contributed by atoms with E-state index in [1.165, 1.54) is 12.1 Å². The number of nitrogens with one attached hydrogen (secondary N) is 1. The maximum absolute atomic E-state index is 13.8. The Morgan fingerprint density at radius 1 is 1.29 bits per heavy atom. The van der Waals surface area contributed by atoms with Crippen molar-refractivity contribution in [3.63, 3.8) is 0 Å². The molecule has 0 bridgehead atoms. The molecule has 0 saturated carbocycles. The first-order valence-electron chi connectivity index (χ1n) is 6.60. The standard InChI is InChI=1S/C14H15BrClF2N3/c1-3-11-13(16)12(21(4-2)20-11)7-19-14-9(17)5-8(15)6-10(14)18/h5-6,19H,3-4,7H2,1-2H3. The Morgan fingerprint density at radius 2 is 1.90 bits per heavy atom. The van der Waals surface area contributed by atoms with Crippen LogP contribution in [0.1, 0.15) is 25.2 Å². The molecule has 1 heterocycles. The van der Waals surface area contributed by atoms with Crippen LogP contribution in [-0.4, -0.2) is 9.78 Å². The Bertz CT molecular complexity index is 635. The fraction of sp³-hybridized carbons (Fsp3) is 0.357. The number of aromatic nitrogens is 2. The smallest absolute Gasteiger partial charge is 0.150 e. The summed E-state index contributed by atoms with van der Waals surface area (Å²) in [5.74, 6) is -1.31. The van der Waals surface area contributed by atoms with E-state index in [9.17, 15) is 8.78 Å². The molecular weight excluding hydrogens is 364 g/mol. The molecule has 0 radical (unpaired) electrons. The molecule has 0 amide bonds. The average molecular weight is 379 g/mol. The van der Waals surface area contributed by atoms with Crippen LogP contribution >= 0.6 is 27.5 Å². The molecule has 0 saturated heterocycles. The van der Waals surface area contributed by atoms with Gasteiger partial charge in [0.2, 0.25) is 0 Å². The highest BCUT2D eigenvalue weighted by Crippen LogP contribution is 2.26. The maximum atomic E-state index is 13.8. The lowest BCUT2D eigenvalue weighted by Gasteiger charge is -2.11. The van der Waals surface area contributed by atoms with Crippen LogP contribution in [0, 0.1) is 11.6 Å². The second-order valence-electron chi connectivity index (χ2n) is 4.47. The number of hydrogen-bond acceptors (Lipinski definition) is 2. The Kier molecular flexibility index (Phi) is 5.22. The van der Waals surface area contributed by atoms with Gasteiger partial charge in [0.05, 0.1) is 23.0 Å². The predicted molar refractivity (Wildman–Crippen MR) is 83.7 cm³/mol. The van der Waals surface area contributed by atoms with E-state index in [4.69, 9.17) is 11.6 Å². The summed E-state index contributed by atoms with van der Waals surface area (Å²) in [5, 5.41) is 7.68. The Morgan fingerprint density at radius 3 is 2.43 bits per heavy atom. The molecule has 0 unspecified atom stereocenters. The van der Waals surface area contributed by atoms with E-state index in [-0.39, 0.29) is 12.2 Å². The van der Waals surface area contributed by atoms with E-state index in [0.717, 1.165) is 11.4 Å². The van der Waals surface area contributed by atoms with Gasteiger partial charge in [0.15, 0.2) is 0 Å². The van der Waals surface area contributed by atoms with Gasteiger partial charge in [0.1, 0.15) is 17.3 Å². The molecule has 114 valence electrons. The zero-order valence-electron chi connectivity index (χ0n) is 11.7. The summed E-state index contributed by atoms with van der Waals surface area (Å²) in [7, 11) is 0. The van der Waals surface area contributed by atoms with Crippen LogP contribution in [0.25, 0.3) is 0 Å². The highest BCUT2D eigenvalue weighted by Gasteiger charge is 2.16. The minimum atomic E-state index is -0.656. The van der Waals surface area contributed by atoms with E-state index in [0.29, 0.717) is 22.5 Å². The lowest BCUT2D eigenvalue weighted by Crippen LogP contribution is -2.10. The molecule has 3 nitrogen and oxygen atoms in total. The Hall–Kier alpha value is -1.14. The minimum Gasteiger partial charge on any atom is -0.375 e. The van der Waals surface area contributed by atoms with Crippen LogP contribution in [-0.2, 0) is 19.5 Å². The molecule has 2 rings (SSSR count). The van der Waals surface area contributed by atoms with Crippen molar-refractivity contribution in [1.82, 2.24) is 9.78 Å². The zero-order chi connectivity index (χ0) is 15.6. The topological polar surface area (TPSA) is 29.9 Å². The maximum Gasteiger partial charge on any atom is 0.150 e. The summed E-state index contributed by atoms with van der Waals surface area (Å²) >= 11 is 9.31. The molecular formula is C14H15BrClF2N3. The van der Waals surface area contributed by atoms with Crippen LogP contribution in [0.3, 0.4) is 0 Å². The molecule has 1 N–H and O–H groups in total. The van der Waals surface area contributed by atoms with E-state index < -0.39 is 11.6 Å². The number of aryl methyl sites for hydroxylation is 2. The average Bonchev–Trinajstić information content (AvgIpc) is 2.73. The van der Waals surface area contributed by atoms with Gasteiger partial charge in [-0.2, -0.15) is 5.10 Å². The number of anilines is 1. The largest absolute Gasteiger partial charge is 0.375 e. The monoisotopic (exact) mass is 377 g/mol. The van der Waals surface area contributed by atoms with Crippen molar-refractivity contribution < 1.29 is 8.78 Å². The fourth-order valence-electron chi connectivity index (χ4n) is 2.07. The molecule has 0 atom stereocenters. The first-order chi connectivity index (χ1) is 9.97. The SMILES string of the molecule is CCc1nn(CC)c(CNc2c(F)cc(Br)cc2F)c1Cl. The van der Waals surface area contributed by atoms with Crippen molar-refractivity contribution in [2.24, 2.45) is 0 Å². The summed E-state index contributed by atoms with van der Waals surface area (Å²) in [4.78, 5) is 0. The molecule has 7 heteroatoms. The molecule has 2 aromatic rings. The number of rotatable bonds is 5. The second kappa shape index (κ2) is 6.75. The van der Waals surface area contributed by atoms with E-state index >= 15 is 0 Å². The molecule has 0 aliphatic rings. The quantitative estimate of drug-likeness (QED) is 0.812. The molecule has 0 fully saturated rings. The van der Waals surface area contributed by atoms with Crippen LogP contribution < -0.4 is 5.32 Å².